The van der Waals surface area contributed by atoms with Gasteiger partial charge in [0.15, 0.2) is 11.5 Å². The minimum absolute atomic E-state index is 0.00257. The second kappa shape index (κ2) is 8.31. The molecule has 8 heteroatoms. The minimum atomic E-state index is -3.05. The second-order valence-corrected chi connectivity index (χ2v) is 5.16. The van der Waals surface area contributed by atoms with Crippen LogP contribution in [0.15, 0.2) is 36.4 Å². The van der Waals surface area contributed by atoms with Crippen molar-refractivity contribution in [2.24, 2.45) is 0 Å². The lowest BCUT2D eigenvalue weighted by Gasteiger charge is -2.13. The van der Waals surface area contributed by atoms with Gasteiger partial charge in [0.05, 0.1) is 29.3 Å². The van der Waals surface area contributed by atoms with Crippen LogP contribution in [0, 0.1) is 11.3 Å². The van der Waals surface area contributed by atoms with Crippen LogP contribution in [0.4, 0.5) is 8.78 Å². The third-order valence-corrected chi connectivity index (χ3v) is 3.40. The monoisotopic (exact) mass is 367 g/mol. The van der Waals surface area contributed by atoms with Crippen LogP contribution in [0.2, 0.25) is 5.02 Å². The van der Waals surface area contributed by atoms with Crippen LogP contribution in [-0.4, -0.2) is 19.7 Å². The van der Waals surface area contributed by atoms with Gasteiger partial charge in [-0.1, -0.05) is 11.6 Å². The number of benzene rings is 2. The Balaban J connectivity index is 2.10. The number of rotatable bonds is 6. The van der Waals surface area contributed by atoms with Gasteiger partial charge in [0.2, 0.25) is 0 Å². The fourth-order valence-corrected chi connectivity index (χ4v) is 2.25. The number of carbonyl (C=O) groups is 1. The molecule has 2 aromatic carbocycles. The summed E-state index contributed by atoms with van der Waals surface area (Å²) in [5.41, 5.74) is 1.13. The number of hydrogen-bond donors (Lipinski definition) is 0. The molecule has 2 aromatic rings. The molecule has 130 valence electrons. The highest BCUT2D eigenvalue weighted by Gasteiger charge is 2.17. The zero-order valence-corrected chi connectivity index (χ0v) is 13.7. The summed E-state index contributed by atoms with van der Waals surface area (Å²) in [6.07, 6.45) is 0. The fourth-order valence-electron chi connectivity index (χ4n) is 1.97. The standard InChI is InChI=1S/C17H12ClF2NO4/c1-23-14-7-11(6-13(18)15(14)25-17(19)20)9-24-16(22)12-4-2-10(8-21)3-5-12/h2-7,17H,9H2,1H3. The first-order valence-corrected chi connectivity index (χ1v) is 7.31. The van der Waals surface area contributed by atoms with E-state index in [1.165, 1.54) is 43.5 Å². The van der Waals surface area contributed by atoms with Crippen LogP contribution in [0.1, 0.15) is 21.5 Å². The molecule has 0 aliphatic carbocycles. The van der Waals surface area contributed by atoms with E-state index in [2.05, 4.69) is 4.74 Å². The van der Waals surface area contributed by atoms with Gasteiger partial charge in [-0.15, -0.1) is 0 Å². The maximum Gasteiger partial charge on any atom is 0.387 e. The van der Waals surface area contributed by atoms with Gasteiger partial charge in [0.1, 0.15) is 6.61 Å². The second-order valence-electron chi connectivity index (χ2n) is 4.75. The van der Waals surface area contributed by atoms with Crippen LogP contribution in [0.5, 0.6) is 11.5 Å². The Hall–Kier alpha value is -2.85. The third-order valence-electron chi connectivity index (χ3n) is 3.12. The molecule has 0 amide bonds. The van der Waals surface area contributed by atoms with Gasteiger partial charge >= 0.3 is 12.6 Å². The minimum Gasteiger partial charge on any atom is -0.493 e. The van der Waals surface area contributed by atoms with Crippen molar-refractivity contribution in [1.29, 1.82) is 5.26 Å². The molecule has 0 heterocycles. The summed E-state index contributed by atoms with van der Waals surface area (Å²) in [7, 11) is 1.27. The molecule has 0 spiro atoms. The molecule has 0 N–H and O–H groups in total. The van der Waals surface area contributed by atoms with E-state index in [1.54, 1.807) is 0 Å². The van der Waals surface area contributed by atoms with E-state index in [4.69, 9.17) is 26.3 Å². The van der Waals surface area contributed by atoms with Crippen LogP contribution >= 0.6 is 11.6 Å². The summed E-state index contributed by atoms with van der Waals surface area (Å²) >= 11 is 5.91. The third kappa shape index (κ3) is 4.81. The summed E-state index contributed by atoms with van der Waals surface area (Å²) < 4.78 is 39.2. The first-order chi connectivity index (χ1) is 11.9. The maximum absolute atomic E-state index is 12.4. The van der Waals surface area contributed by atoms with E-state index in [0.29, 0.717) is 11.1 Å². The van der Waals surface area contributed by atoms with Crippen molar-refractivity contribution in [3.63, 3.8) is 0 Å². The lowest BCUT2D eigenvalue weighted by molar-refractivity contribution is -0.0511. The van der Waals surface area contributed by atoms with Crippen molar-refractivity contribution in [2.45, 2.75) is 13.2 Å². The predicted octanol–water partition coefficient (Wildman–Crippen LogP) is 4.18. The summed E-state index contributed by atoms with van der Waals surface area (Å²) in [5.74, 6) is -0.897. The molecular weight excluding hydrogens is 356 g/mol. The van der Waals surface area contributed by atoms with E-state index in [-0.39, 0.29) is 28.7 Å². The Labute approximate surface area is 147 Å². The fraction of sp³-hybridized carbons (Fsp3) is 0.176. The van der Waals surface area contributed by atoms with Gasteiger partial charge in [0.25, 0.3) is 0 Å². The number of hydrogen-bond acceptors (Lipinski definition) is 5. The van der Waals surface area contributed by atoms with Gasteiger partial charge in [-0.3, -0.25) is 0 Å². The summed E-state index contributed by atoms with van der Waals surface area (Å²) in [6, 6.07) is 10.6. The summed E-state index contributed by atoms with van der Waals surface area (Å²) in [5, 5.41) is 8.63. The molecule has 0 saturated heterocycles. The van der Waals surface area contributed by atoms with E-state index in [0.717, 1.165) is 0 Å². The molecule has 0 aromatic heterocycles. The molecule has 25 heavy (non-hydrogen) atoms. The highest BCUT2D eigenvalue weighted by molar-refractivity contribution is 6.32. The van der Waals surface area contributed by atoms with Crippen LogP contribution in [-0.2, 0) is 11.3 Å². The number of esters is 1. The first kappa shape index (κ1) is 18.5. The zero-order valence-electron chi connectivity index (χ0n) is 13.0. The van der Waals surface area contributed by atoms with Crippen molar-refractivity contribution in [3.05, 3.63) is 58.1 Å². The predicted molar refractivity (Wildman–Crippen MR) is 84.9 cm³/mol. The number of nitrogens with zero attached hydrogens (tertiary/aromatic N) is 1. The number of halogens is 3. The van der Waals surface area contributed by atoms with Crippen LogP contribution in [0.25, 0.3) is 0 Å². The molecule has 0 atom stereocenters. The Morgan fingerprint density at radius 2 is 1.96 bits per heavy atom. The summed E-state index contributed by atoms with van der Waals surface area (Å²) in [6.45, 7) is -3.20. The number of alkyl halides is 2. The maximum atomic E-state index is 12.4. The highest BCUT2D eigenvalue weighted by Crippen LogP contribution is 2.37. The van der Waals surface area contributed by atoms with Gasteiger partial charge in [-0.05, 0) is 42.0 Å². The highest BCUT2D eigenvalue weighted by atomic mass is 35.5. The van der Waals surface area contributed by atoms with E-state index >= 15 is 0 Å². The van der Waals surface area contributed by atoms with Crippen molar-refractivity contribution in [1.82, 2.24) is 0 Å². The molecule has 0 bridgehead atoms. The topological polar surface area (TPSA) is 68.5 Å². The Morgan fingerprint density at radius 3 is 2.52 bits per heavy atom. The lowest BCUT2D eigenvalue weighted by atomic mass is 10.1. The quantitative estimate of drug-likeness (QED) is 0.716. The van der Waals surface area contributed by atoms with Crippen molar-refractivity contribution < 1.29 is 27.8 Å². The van der Waals surface area contributed by atoms with Crippen LogP contribution in [0.3, 0.4) is 0 Å². The molecule has 0 aliphatic heterocycles. The van der Waals surface area contributed by atoms with Crippen molar-refractivity contribution in [2.75, 3.05) is 7.11 Å². The molecule has 0 fully saturated rings. The lowest BCUT2D eigenvalue weighted by Crippen LogP contribution is -2.07. The van der Waals surface area contributed by atoms with E-state index in [1.807, 2.05) is 6.07 Å². The number of methoxy groups -OCH3 is 1. The number of nitriles is 1. The molecular formula is C17H12ClF2NO4. The molecule has 0 saturated carbocycles. The SMILES string of the molecule is COc1cc(COC(=O)c2ccc(C#N)cc2)cc(Cl)c1OC(F)F. The first-order valence-electron chi connectivity index (χ1n) is 6.93. The molecule has 2 rings (SSSR count). The average Bonchev–Trinajstić information content (AvgIpc) is 2.61. The summed E-state index contributed by atoms with van der Waals surface area (Å²) in [4.78, 5) is 12.0. The number of ether oxygens (including phenoxy) is 3. The van der Waals surface area contributed by atoms with E-state index < -0.39 is 12.6 Å². The van der Waals surface area contributed by atoms with Crippen LogP contribution < -0.4 is 9.47 Å². The van der Waals surface area contributed by atoms with Gasteiger partial charge in [-0.2, -0.15) is 14.0 Å². The molecule has 0 unspecified atom stereocenters. The molecule has 0 aliphatic rings. The van der Waals surface area contributed by atoms with E-state index in [9.17, 15) is 13.6 Å². The number of carbonyl (C=O) groups excluding carboxylic acids is 1. The Morgan fingerprint density at radius 1 is 1.28 bits per heavy atom. The average molecular weight is 368 g/mol. The normalized spacial score (nSPS) is 10.2. The Kier molecular flexibility index (Phi) is 6.14. The Bertz CT molecular complexity index is 804. The molecule has 5 nitrogen and oxygen atoms in total. The van der Waals surface area contributed by atoms with Crippen molar-refractivity contribution >= 4 is 17.6 Å². The largest absolute Gasteiger partial charge is 0.493 e. The van der Waals surface area contributed by atoms with Gasteiger partial charge in [0, 0.05) is 0 Å². The molecule has 0 radical (unpaired) electrons. The zero-order chi connectivity index (χ0) is 18.4. The van der Waals surface area contributed by atoms with Gasteiger partial charge in [-0.25, -0.2) is 4.79 Å². The smallest absolute Gasteiger partial charge is 0.387 e. The van der Waals surface area contributed by atoms with Gasteiger partial charge < -0.3 is 14.2 Å². The van der Waals surface area contributed by atoms with Crippen molar-refractivity contribution in [3.8, 4) is 17.6 Å².